The number of nitro groups is 1. The average molecular weight is 377 g/mol. The summed E-state index contributed by atoms with van der Waals surface area (Å²) in [5.74, 6) is 0.434. The predicted octanol–water partition coefficient (Wildman–Crippen LogP) is 6.23. The van der Waals surface area contributed by atoms with Crippen LogP contribution in [0.25, 0.3) is 10.8 Å². The second-order valence-corrected chi connectivity index (χ2v) is 7.60. The predicted molar refractivity (Wildman–Crippen MR) is 108 cm³/mol. The molecule has 3 atom stereocenters. The fourth-order valence-electron chi connectivity index (χ4n) is 4.58. The number of anilines is 1. The van der Waals surface area contributed by atoms with E-state index < -0.39 is 0 Å². The van der Waals surface area contributed by atoms with Crippen molar-refractivity contribution in [3.8, 4) is 0 Å². The number of nitrogens with zero attached hydrogens (tertiary/aromatic N) is 1. The molecule has 0 radical (unpaired) electrons. The Morgan fingerprint density at radius 1 is 1.07 bits per heavy atom. The third-order valence-corrected chi connectivity index (χ3v) is 6.07. The normalized spacial score (nSPS) is 22.9. The van der Waals surface area contributed by atoms with Gasteiger partial charge in [-0.25, -0.2) is 0 Å². The van der Waals surface area contributed by atoms with Gasteiger partial charge in [-0.1, -0.05) is 66.2 Å². The molecule has 1 heterocycles. The highest BCUT2D eigenvalue weighted by Crippen LogP contribution is 2.53. The SMILES string of the molecule is O=[N+]([O-])c1cc(Cl)c2c(c1)[C@@H]1C=CC[C@@H]1[C@@H](c1cccc3ccccc13)N2. The van der Waals surface area contributed by atoms with Crippen molar-refractivity contribution in [1.82, 2.24) is 0 Å². The van der Waals surface area contributed by atoms with E-state index in [1.54, 1.807) is 6.07 Å². The maximum Gasteiger partial charge on any atom is 0.271 e. The van der Waals surface area contributed by atoms with Gasteiger partial charge >= 0.3 is 0 Å². The lowest BCUT2D eigenvalue weighted by molar-refractivity contribution is -0.384. The van der Waals surface area contributed by atoms with Gasteiger partial charge in [-0.2, -0.15) is 0 Å². The second kappa shape index (κ2) is 6.10. The molecule has 0 fully saturated rings. The van der Waals surface area contributed by atoms with Crippen molar-refractivity contribution in [2.45, 2.75) is 18.4 Å². The zero-order valence-corrected chi connectivity index (χ0v) is 15.2. The Morgan fingerprint density at radius 2 is 1.89 bits per heavy atom. The summed E-state index contributed by atoms with van der Waals surface area (Å²) in [5, 5.41) is 17.7. The summed E-state index contributed by atoms with van der Waals surface area (Å²) in [7, 11) is 0. The number of allylic oxidation sites excluding steroid dienone is 2. The van der Waals surface area contributed by atoms with E-state index in [1.165, 1.54) is 22.4 Å². The molecular weight excluding hydrogens is 360 g/mol. The molecule has 0 amide bonds. The summed E-state index contributed by atoms with van der Waals surface area (Å²) in [6.45, 7) is 0. The number of benzene rings is 3. The van der Waals surface area contributed by atoms with E-state index >= 15 is 0 Å². The number of nitrogens with one attached hydrogen (secondary N) is 1. The summed E-state index contributed by atoms with van der Waals surface area (Å²) in [4.78, 5) is 10.9. The van der Waals surface area contributed by atoms with E-state index in [4.69, 9.17) is 11.6 Å². The van der Waals surface area contributed by atoms with Crippen molar-refractivity contribution in [3.05, 3.63) is 93.0 Å². The van der Waals surface area contributed by atoms with Crippen molar-refractivity contribution in [3.63, 3.8) is 0 Å². The molecule has 27 heavy (non-hydrogen) atoms. The van der Waals surface area contributed by atoms with Gasteiger partial charge in [-0.15, -0.1) is 0 Å². The number of rotatable bonds is 2. The van der Waals surface area contributed by atoms with Crippen LogP contribution in [0.5, 0.6) is 0 Å². The van der Waals surface area contributed by atoms with Crippen LogP contribution in [0.1, 0.15) is 29.5 Å². The molecule has 3 aromatic carbocycles. The fraction of sp³-hybridized carbons (Fsp3) is 0.182. The number of nitro benzene ring substituents is 1. The highest BCUT2D eigenvalue weighted by Gasteiger charge is 2.40. The van der Waals surface area contributed by atoms with Crippen molar-refractivity contribution >= 4 is 33.7 Å². The van der Waals surface area contributed by atoms with Gasteiger partial charge < -0.3 is 5.32 Å². The van der Waals surface area contributed by atoms with Gasteiger partial charge in [-0.3, -0.25) is 10.1 Å². The Bertz CT molecular complexity index is 1100. The van der Waals surface area contributed by atoms with E-state index in [0.29, 0.717) is 10.9 Å². The smallest absolute Gasteiger partial charge is 0.271 e. The average Bonchev–Trinajstić information content (AvgIpc) is 3.17. The molecular formula is C22H17ClN2O2. The minimum atomic E-state index is -0.378. The zero-order valence-electron chi connectivity index (χ0n) is 14.4. The third kappa shape index (κ3) is 2.52. The number of non-ortho nitro benzene ring substituents is 1. The summed E-state index contributed by atoms with van der Waals surface area (Å²) in [6, 6.07) is 18.0. The Morgan fingerprint density at radius 3 is 2.74 bits per heavy atom. The lowest BCUT2D eigenvalue weighted by Gasteiger charge is -2.38. The van der Waals surface area contributed by atoms with Gasteiger partial charge in [0.1, 0.15) is 0 Å². The molecule has 0 aromatic heterocycles. The lowest BCUT2D eigenvalue weighted by Crippen LogP contribution is -2.29. The third-order valence-electron chi connectivity index (χ3n) is 5.77. The first-order chi connectivity index (χ1) is 13.1. The molecule has 2 aliphatic rings. The first-order valence-electron chi connectivity index (χ1n) is 9.02. The van der Waals surface area contributed by atoms with Gasteiger partial charge in [0, 0.05) is 18.1 Å². The highest BCUT2D eigenvalue weighted by atomic mass is 35.5. The van der Waals surface area contributed by atoms with Crippen LogP contribution in [0.2, 0.25) is 5.02 Å². The van der Waals surface area contributed by atoms with Gasteiger partial charge in [0.25, 0.3) is 5.69 Å². The van der Waals surface area contributed by atoms with E-state index in [9.17, 15) is 10.1 Å². The van der Waals surface area contributed by atoms with E-state index in [0.717, 1.165) is 17.7 Å². The molecule has 0 bridgehead atoms. The van der Waals surface area contributed by atoms with Crippen molar-refractivity contribution < 1.29 is 4.92 Å². The molecule has 134 valence electrons. The van der Waals surface area contributed by atoms with Crippen LogP contribution in [-0.2, 0) is 0 Å². The minimum Gasteiger partial charge on any atom is -0.376 e. The molecule has 4 nitrogen and oxygen atoms in total. The number of hydrogen-bond acceptors (Lipinski definition) is 3. The van der Waals surface area contributed by atoms with Crippen LogP contribution in [0.4, 0.5) is 11.4 Å². The fourth-order valence-corrected chi connectivity index (χ4v) is 4.85. The number of fused-ring (bicyclic) bond motifs is 4. The van der Waals surface area contributed by atoms with Crippen LogP contribution in [0.15, 0.2) is 66.7 Å². The second-order valence-electron chi connectivity index (χ2n) is 7.19. The number of halogens is 1. The van der Waals surface area contributed by atoms with E-state index in [1.807, 2.05) is 6.07 Å². The maximum atomic E-state index is 11.3. The summed E-state index contributed by atoms with van der Waals surface area (Å²) >= 11 is 6.46. The molecule has 1 aliphatic carbocycles. The Labute approximate surface area is 161 Å². The van der Waals surface area contributed by atoms with Crippen LogP contribution >= 0.6 is 11.6 Å². The van der Waals surface area contributed by atoms with Gasteiger partial charge in [0.2, 0.25) is 0 Å². The van der Waals surface area contributed by atoms with Crippen LogP contribution < -0.4 is 5.32 Å². The van der Waals surface area contributed by atoms with E-state index in [-0.39, 0.29) is 22.6 Å². The molecule has 0 saturated heterocycles. The highest BCUT2D eigenvalue weighted by molar-refractivity contribution is 6.33. The molecule has 1 N–H and O–H groups in total. The molecule has 1 aliphatic heterocycles. The lowest BCUT2D eigenvalue weighted by atomic mass is 9.76. The van der Waals surface area contributed by atoms with Crippen molar-refractivity contribution in [1.29, 1.82) is 0 Å². The summed E-state index contributed by atoms with van der Waals surface area (Å²) < 4.78 is 0. The molecule has 0 spiro atoms. The standard InChI is InChI=1S/C22H17ClN2O2/c23-20-12-14(25(26)27)11-19-16-8-4-10-18(16)21(24-22(19)20)17-9-3-6-13-5-1-2-7-15(13)17/h1-9,11-12,16,18,21,24H,10H2/t16-,18+,21-/m1/s1. The zero-order chi connectivity index (χ0) is 18.5. The topological polar surface area (TPSA) is 55.2 Å². The Hall–Kier alpha value is -2.85. The van der Waals surface area contributed by atoms with Crippen LogP contribution in [0, 0.1) is 16.0 Å². The molecule has 3 aromatic rings. The Balaban J connectivity index is 1.68. The minimum absolute atomic E-state index is 0.0446. The first-order valence-corrected chi connectivity index (χ1v) is 9.40. The summed E-state index contributed by atoms with van der Waals surface area (Å²) in [5.41, 5.74) is 3.02. The summed E-state index contributed by atoms with van der Waals surface area (Å²) in [6.07, 6.45) is 5.28. The van der Waals surface area contributed by atoms with Gasteiger partial charge in [0.15, 0.2) is 0 Å². The van der Waals surface area contributed by atoms with E-state index in [2.05, 4.69) is 53.9 Å². The molecule has 5 rings (SSSR count). The van der Waals surface area contributed by atoms with Gasteiger partial charge in [0.05, 0.1) is 21.7 Å². The van der Waals surface area contributed by atoms with Crippen molar-refractivity contribution in [2.24, 2.45) is 5.92 Å². The largest absolute Gasteiger partial charge is 0.376 e. The molecule has 0 saturated carbocycles. The number of hydrogen-bond donors (Lipinski definition) is 1. The Kier molecular flexibility index (Phi) is 3.69. The monoisotopic (exact) mass is 376 g/mol. The van der Waals surface area contributed by atoms with Crippen molar-refractivity contribution in [2.75, 3.05) is 5.32 Å². The van der Waals surface area contributed by atoms with Crippen LogP contribution in [-0.4, -0.2) is 4.92 Å². The quantitative estimate of drug-likeness (QED) is 0.327. The molecule has 0 unspecified atom stereocenters. The van der Waals surface area contributed by atoms with Crippen LogP contribution in [0.3, 0.4) is 0 Å². The molecule has 5 heteroatoms. The van der Waals surface area contributed by atoms with Gasteiger partial charge in [-0.05, 0) is 34.2 Å². The maximum absolute atomic E-state index is 11.3. The first kappa shape index (κ1) is 16.3.